The van der Waals surface area contributed by atoms with E-state index in [0.717, 1.165) is 6.20 Å². The van der Waals surface area contributed by atoms with E-state index in [4.69, 9.17) is 10.5 Å². The van der Waals surface area contributed by atoms with E-state index in [9.17, 15) is 18.4 Å². The van der Waals surface area contributed by atoms with Gasteiger partial charge in [0.2, 0.25) is 11.8 Å². The van der Waals surface area contributed by atoms with Crippen molar-refractivity contribution in [1.29, 1.82) is 0 Å². The third-order valence-corrected chi connectivity index (χ3v) is 7.87. The summed E-state index contributed by atoms with van der Waals surface area (Å²) in [5.41, 5.74) is 6.20. The van der Waals surface area contributed by atoms with Gasteiger partial charge in [0.15, 0.2) is 5.96 Å². The van der Waals surface area contributed by atoms with Crippen LogP contribution in [0, 0.1) is 23.5 Å². The van der Waals surface area contributed by atoms with Crippen molar-refractivity contribution in [1.82, 2.24) is 15.2 Å². The van der Waals surface area contributed by atoms with Crippen LogP contribution in [0.25, 0.3) is 0 Å². The number of ether oxygens (including phenoxy) is 1. The molecule has 0 bridgehead atoms. The van der Waals surface area contributed by atoms with Crippen molar-refractivity contribution in [3.05, 3.63) is 59.4 Å². The molecule has 3 heterocycles. The number of guanidine groups is 1. The fourth-order valence-corrected chi connectivity index (χ4v) is 5.69. The monoisotopic (exact) mass is 525 g/mol. The van der Waals surface area contributed by atoms with Crippen molar-refractivity contribution in [2.24, 2.45) is 22.6 Å². The highest BCUT2D eigenvalue weighted by atomic mass is 19.1. The molecule has 0 radical (unpaired) electrons. The van der Waals surface area contributed by atoms with Crippen LogP contribution in [0.15, 0.2) is 41.7 Å². The molecule has 8 nitrogen and oxygen atoms in total. The molecule has 38 heavy (non-hydrogen) atoms. The molecule has 2 amide bonds. The maximum absolute atomic E-state index is 14.2. The summed E-state index contributed by atoms with van der Waals surface area (Å²) in [5.74, 6) is -1.58. The van der Waals surface area contributed by atoms with Gasteiger partial charge in [0.25, 0.3) is 0 Å². The molecular formula is C28H33F2N5O3. The molecule has 5 unspecified atom stereocenters. The van der Waals surface area contributed by atoms with Gasteiger partial charge in [-0.25, -0.2) is 13.8 Å². The van der Waals surface area contributed by atoms with E-state index in [1.165, 1.54) is 29.3 Å². The van der Waals surface area contributed by atoms with E-state index in [0.29, 0.717) is 36.1 Å². The van der Waals surface area contributed by atoms with Gasteiger partial charge >= 0.3 is 0 Å². The summed E-state index contributed by atoms with van der Waals surface area (Å²) in [6, 6.07) is 4.47. The lowest BCUT2D eigenvalue weighted by Gasteiger charge is -2.39. The molecule has 5 atom stereocenters. The summed E-state index contributed by atoms with van der Waals surface area (Å²) >= 11 is 0. The Balaban J connectivity index is 1.42. The Kier molecular flexibility index (Phi) is 6.39. The fraction of sp³-hybridized carbons (Fsp3) is 0.500. The van der Waals surface area contributed by atoms with Crippen LogP contribution in [0.1, 0.15) is 76.6 Å². The number of halogens is 2. The van der Waals surface area contributed by atoms with Gasteiger partial charge < -0.3 is 15.8 Å². The van der Waals surface area contributed by atoms with Crippen LogP contribution in [0.2, 0.25) is 0 Å². The Bertz CT molecular complexity index is 1320. The molecule has 3 N–H and O–H groups in total. The van der Waals surface area contributed by atoms with Crippen molar-refractivity contribution < 1.29 is 23.1 Å². The molecular weight excluding hydrogens is 492 g/mol. The van der Waals surface area contributed by atoms with Crippen molar-refractivity contribution in [2.45, 2.75) is 76.6 Å². The first kappa shape index (κ1) is 26.1. The van der Waals surface area contributed by atoms with Crippen LogP contribution >= 0.6 is 0 Å². The lowest BCUT2D eigenvalue weighted by molar-refractivity contribution is -0.132. The summed E-state index contributed by atoms with van der Waals surface area (Å²) in [4.78, 5) is 36.8. The number of benzene rings is 1. The average molecular weight is 526 g/mol. The summed E-state index contributed by atoms with van der Waals surface area (Å²) in [7, 11) is 0. The highest BCUT2D eigenvalue weighted by Gasteiger charge is 2.53. The second kappa shape index (κ2) is 9.32. The Morgan fingerprint density at radius 3 is 2.68 bits per heavy atom. The normalized spacial score (nSPS) is 28.6. The van der Waals surface area contributed by atoms with Crippen molar-refractivity contribution in [2.75, 3.05) is 0 Å². The molecule has 202 valence electrons. The molecule has 5 rings (SSSR count). The number of nitrogens with one attached hydrogen (secondary N) is 1. The maximum Gasteiger partial charge on any atom is 0.232 e. The first-order valence-electron chi connectivity index (χ1n) is 13.0. The molecule has 3 aliphatic rings. The molecule has 1 saturated carbocycles. The smallest absolute Gasteiger partial charge is 0.232 e. The van der Waals surface area contributed by atoms with Crippen molar-refractivity contribution in [3.63, 3.8) is 0 Å². The second-order valence-corrected chi connectivity index (χ2v) is 11.5. The zero-order valence-corrected chi connectivity index (χ0v) is 22.0. The first-order chi connectivity index (χ1) is 17.9. The number of pyridine rings is 1. The molecule has 2 aliphatic heterocycles. The van der Waals surface area contributed by atoms with Gasteiger partial charge in [0, 0.05) is 24.1 Å². The van der Waals surface area contributed by atoms with Gasteiger partial charge in [0.05, 0.1) is 30.2 Å². The maximum atomic E-state index is 14.2. The Morgan fingerprint density at radius 2 is 2.00 bits per heavy atom. The summed E-state index contributed by atoms with van der Waals surface area (Å²) in [5, 5.41) is 3.07. The molecule has 1 aliphatic carbocycles. The van der Waals surface area contributed by atoms with Gasteiger partial charge in [-0.3, -0.25) is 19.5 Å². The van der Waals surface area contributed by atoms with Gasteiger partial charge in [0.1, 0.15) is 23.0 Å². The molecule has 1 aromatic heterocycles. The summed E-state index contributed by atoms with van der Waals surface area (Å²) < 4.78 is 34.3. The van der Waals surface area contributed by atoms with Gasteiger partial charge in [-0.05, 0) is 69.4 Å². The van der Waals surface area contributed by atoms with E-state index in [1.807, 2.05) is 27.7 Å². The molecule has 2 aromatic rings. The van der Waals surface area contributed by atoms with Crippen LogP contribution in [0.4, 0.5) is 8.78 Å². The Hall–Kier alpha value is -3.56. The van der Waals surface area contributed by atoms with E-state index < -0.39 is 40.8 Å². The fourth-order valence-electron chi connectivity index (χ4n) is 5.69. The average Bonchev–Trinajstić information content (AvgIpc) is 3.62. The number of carbonyl (C=O) groups excluding carboxylic acids is 2. The topological polar surface area (TPSA) is 110 Å². The molecule has 1 aromatic carbocycles. The minimum atomic E-state index is -0.692. The number of carbonyl (C=O) groups is 2. The number of rotatable bonds is 6. The lowest BCUT2D eigenvalue weighted by atomic mass is 9.89. The minimum Gasteiger partial charge on any atom is -0.487 e. The number of amides is 2. The van der Waals surface area contributed by atoms with Crippen LogP contribution in [-0.2, 0) is 9.59 Å². The van der Waals surface area contributed by atoms with Crippen LogP contribution < -0.4 is 15.8 Å². The van der Waals surface area contributed by atoms with E-state index in [1.54, 1.807) is 6.07 Å². The van der Waals surface area contributed by atoms with Gasteiger partial charge in [-0.15, -0.1) is 0 Å². The number of fused-ring (bicyclic) bond motifs is 1. The number of aliphatic imine (C=N–C) groups is 1. The third-order valence-electron chi connectivity index (χ3n) is 7.87. The molecule has 0 saturated heterocycles. The predicted octanol–water partition coefficient (Wildman–Crippen LogP) is 4.17. The van der Waals surface area contributed by atoms with E-state index in [-0.39, 0.29) is 30.1 Å². The summed E-state index contributed by atoms with van der Waals surface area (Å²) in [6.45, 7) is 7.65. The van der Waals surface area contributed by atoms with Crippen molar-refractivity contribution in [3.8, 4) is 5.75 Å². The summed E-state index contributed by atoms with van der Waals surface area (Å²) in [6.07, 6.45) is 4.31. The lowest BCUT2D eigenvalue weighted by Crippen LogP contribution is -2.52. The van der Waals surface area contributed by atoms with Crippen molar-refractivity contribution >= 4 is 17.8 Å². The zero-order valence-electron chi connectivity index (χ0n) is 22.0. The standard InChI is InChI=1S/C28H33F2N5O3/c1-5-28(4)12-23(36)35(26(31)34-28)24(15-8-17(30)14-32-13-15)18-10-19(18)25(37)33-21-11-27(2,3)38-22-7-6-16(29)9-20(21)22/h6-9,13-14,18-19,21,24H,5,10-12H2,1-4H3,(H2,31,34)(H,33,37). The van der Waals surface area contributed by atoms with Crippen LogP contribution in [0.3, 0.4) is 0 Å². The van der Waals surface area contributed by atoms with Gasteiger partial charge in [-0.1, -0.05) is 6.92 Å². The molecule has 0 spiro atoms. The third kappa shape index (κ3) is 4.96. The minimum absolute atomic E-state index is 0.0569. The van der Waals surface area contributed by atoms with Crippen LogP contribution in [0.5, 0.6) is 5.75 Å². The number of aromatic nitrogens is 1. The Labute approximate surface area is 220 Å². The number of nitrogens with two attached hydrogens (primary N) is 1. The molecule has 1 fully saturated rings. The van der Waals surface area contributed by atoms with E-state index >= 15 is 0 Å². The second-order valence-electron chi connectivity index (χ2n) is 11.5. The zero-order chi connectivity index (χ0) is 27.4. The highest BCUT2D eigenvalue weighted by Crippen LogP contribution is 2.52. The van der Waals surface area contributed by atoms with Gasteiger partial charge in [-0.2, -0.15) is 0 Å². The SMILES string of the molecule is CCC1(C)CC(=O)N(C(c2cncc(F)c2)C2CC2C(=O)NC2CC(C)(C)Oc3ccc(F)cc32)C(N)=N1. The highest BCUT2D eigenvalue weighted by molar-refractivity contribution is 5.99. The predicted molar refractivity (Wildman–Crippen MR) is 137 cm³/mol. The quantitative estimate of drug-likeness (QED) is 0.588. The van der Waals surface area contributed by atoms with E-state index in [2.05, 4.69) is 15.3 Å². The Morgan fingerprint density at radius 1 is 1.24 bits per heavy atom. The number of hydrogen-bond donors (Lipinski definition) is 2. The number of hydrogen-bond acceptors (Lipinski definition) is 6. The number of nitrogens with zero attached hydrogens (tertiary/aromatic N) is 3. The van der Waals surface area contributed by atoms with Crippen LogP contribution in [-0.4, -0.2) is 38.8 Å². The molecule has 10 heteroatoms. The largest absolute Gasteiger partial charge is 0.487 e. The first-order valence-corrected chi connectivity index (χ1v) is 13.0.